The summed E-state index contributed by atoms with van der Waals surface area (Å²) in [6, 6.07) is 23.9. The Morgan fingerprint density at radius 1 is 0.667 bits per heavy atom. The third-order valence-corrected chi connectivity index (χ3v) is 2.59. The first kappa shape index (κ1) is 26.7. The van der Waals surface area contributed by atoms with Gasteiger partial charge in [0.2, 0.25) is 6.67 Å². The summed E-state index contributed by atoms with van der Waals surface area (Å²) >= 11 is 0. The molecular weight excluding hydrogens is 772 g/mol. The van der Waals surface area contributed by atoms with Gasteiger partial charge in [0.05, 0.1) is 0 Å². The number of anilines is 2. The molecule has 0 N–H and O–H groups in total. The summed E-state index contributed by atoms with van der Waals surface area (Å²) < 4.78 is 0. The topological polar surface area (TPSA) is 6.48 Å². The predicted octanol–water partition coefficient (Wildman–Crippen LogP) is 2.21. The number of rotatable bonds is 2. The van der Waals surface area contributed by atoms with Gasteiger partial charge in [-0.1, -0.05) is 0 Å². The molecule has 0 saturated carbocycles. The predicted molar refractivity (Wildman–Crippen MR) is 66.2 cm³/mol. The van der Waals surface area contributed by atoms with Gasteiger partial charge in [-0.2, -0.15) is 0 Å². The Hall–Kier alpha value is 3.49. The van der Waals surface area contributed by atoms with Crippen molar-refractivity contribution in [1.29, 1.82) is 0 Å². The van der Waals surface area contributed by atoms with Crippen molar-refractivity contribution < 1.29 is 165 Å². The molecule has 3 rings (SSSR count). The summed E-state index contributed by atoms with van der Waals surface area (Å²) in [4.78, 5) is 4.02. The molecule has 1 saturated heterocycles. The molecule has 2 aromatic carbocycles. The van der Waals surface area contributed by atoms with Gasteiger partial charge in [0.1, 0.15) is 0 Å². The summed E-state index contributed by atoms with van der Waals surface area (Å²) in [6.45, 7) is 5.03. The zero-order valence-corrected chi connectivity index (χ0v) is 26.4. The summed E-state index contributed by atoms with van der Waals surface area (Å²) in [5.74, 6) is 0. The van der Waals surface area contributed by atoms with E-state index in [-0.39, 0.29) is 165 Å². The summed E-state index contributed by atoms with van der Waals surface area (Å²) in [5.41, 5.74) is 1.84. The van der Waals surface area contributed by atoms with Crippen LogP contribution in [0.5, 0.6) is 0 Å². The van der Waals surface area contributed by atoms with E-state index < -0.39 is 0 Å². The molecule has 0 bridgehead atoms. The molecule has 0 amide bonds. The maximum absolute atomic E-state index is 3.27. The maximum atomic E-state index is 3.27. The van der Waals surface area contributed by atoms with Crippen molar-refractivity contribution in [2.75, 3.05) is 22.9 Å². The number of hydrogen-bond donors (Lipinski definition) is 0. The quantitative estimate of drug-likeness (QED) is 0.432. The summed E-state index contributed by atoms with van der Waals surface area (Å²) in [5, 5.41) is 0. The van der Waals surface area contributed by atoms with E-state index in [1.54, 1.807) is 0 Å². The van der Waals surface area contributed by atoms with Crippen molar-refractivity contribution in [2.24, 2.45) is 0 Å². The summed E-state index contributed by atoms with van der Waals surface area (Å²) in [6.07, 6.45) is 0. The Labute approximate surface area is 260 Å². The second kappa shape index (κ2) is 14.6. The standard InChI is InChI=1S/C15H10N2.4Pr/c1-3-7-14(8-4-1)16-11-12-17(13-16)15-9-5-2-6-10-15;;;;/h1-6H,11-12H2;;;;/q-4;;;;. The molecule has 0 atom stereocenters. The molecule has 0 aromatic heterocycles. The van der Waals surface area contributed by atoms with Gasteiger partial charge in [-0.3, -0.25) is 36.4 Å². The van der Waals surface area contributed by atoms with E-state index in [2.05, 4.69) is 30.9 Å². The third-order valence-electron chi connectivity index (χ3n) is 2.59. The van der Waals surface area contributed by atoms with Crippen LogP contribution in [0.2, 0.25) is 0 Å². The van der Waals surface area contributed by atoms with Crippen LogP contribution in [0.1, 0.15) is 0 Å². The Balaban J connectivity index is 0. The fourth-order valence-electron chi connectivity index (χ4n) is 1.77. The monoisotopic (exact) mass is 782 g/mol. The van der Waals surface area contributed by atoms with Crippen molar-refractivity contribution in [3.63, 3.8) is 0 Å². The molecule has 21 heavy (non-hydrogen) atoms. The molecule has 2 nitrogen and oxygen atoms in total. The van der Waals surface area contributed by atoms with Crippen LogP contribution in [-0.4, -0.2) is 13.1 Å². The number of para-hydroxylation sites is 2. The average molecular weight is 782 g/mol. The van der Waals surface area contributed by atoms with Gasteiger partial charge >= 0.3 is 0 Å². The second-order valence-electron chi connectivity index (χ2n) is 3.73. The first-order valence-corrected chi connectivity index (χ1v) is 5.51. The van der Waals surface area contributed by atoms with E-state index in [0.717, 1.165) is 24.5 Å². The van der Waals surface area contributed by atoms with Crippen LogP contribution in [0.3, 0.4) is 0 Å². The van der Waals surface area contributed by atoms with Crippen LogP contribution in [0, 0.1) is 196 Å². The van der Waals surface area contributed by atoms with Gasteiger partial charge in [-0.15, -0.1) is 0 Å². The van der Waals surface area contributed by atoms with Crippen LogP contribution in [0.4, 0.5) is 11.4 Å². The van der Waals surface area contributed by atoms with Crippen molar-refractivity contribution in [1.82, 2.24) is 0 Å². The molecule has 0 spiro atoms. The van der Waals surface area contributed by atoms with Crippen molar-refractivity contribution >= 4 is 11.4 Å². The molecular formula is C15H10N2Pr4-4. The van der Waals surface area contributed by atoms with Gasteiger partial charge in [0.25, 0.3) is 0 Å². The molecule has 1 aliphatic rings. The molecule has 6 heteroatoms. The van der Waals surface area contributed by atoms with E-state index in [4.69, 9.17) is 0 Å². The second-order valence-corrected chi connectivity index (χ2v) is 3.73. The molecule has 0 unspecified atom stereocenters. The van der Waals surface area contributed by atoms with E-state index in [1.165, 1.54) is 0 Å². The normalized spacial score (nSPS) is 12.4. The largest absolute Gasteiger partial charge is 0.386 e. The van der Waals surface area contributed by atoms with Crippen molar-refractivity contribution in [2.45, 2.75) is 0 Å². The minimum absolute atomic E-state index is 0. The molecule has 96 valence electrons. The Kier molecular flexibility index (Phi) is 18.6. The smallest absolute Gasteiger partial charge is 0.201 e. The molecule has 1 aliphatic heterocycles. The van der Waals surface area contributed by atoms with E-state index in [0.29, 0.717) is 0 Å². The van der Waals surface area contributed by atoms with Crippen LogP contribution in [-0.2, 0) is 0 Å². The zero-order valence-electron chi connectivity index (χ0n) is 11.6. The van der Waals surface area contributed by atoms with Gasteiger partial charge in [0, 0.05) is 178 Å². The van der Waals surface area contributed by atoms with Crippen molar-refractivity contribution in [3.05, 3.63) is 67.3 Å². The minimum Gasteiger partial charge on any atom is -0.386 e. The van der Waals surface area contributed by atoms with Crippen LogP contribution in [0.15, 0.2) is 36.4 Å². The minimum atomic E-state index is 0. The van der Waals surface area contributed by atoms with Crippen LogP contribution in [0.25, 0.3) is 0 Å². The first-order valence-electron chi connectivity index (χ1n) is 5.51. The number of benzene rings is 2. The molecule has 1 heterocycles. The maximum Gasteiger partial charge on any atom is 0.201 e. The Morgan fingerprint density at radius 2 is 1.00 bits per heavy atom. The van der Waals surface area contributed by atoms with E-state index in [9.17, 15) is 0 Å². The zero-order chi connectivity index (χ0) is 11.5. The van der Waals surface area contributed by atoms with Crippen molar-refractivity contribution in [3.8, 4) is 0 Å². The third kappa shape index (κ3) is 8.15. The van der Waals surface area contributed by atoms with E-state index >= 15 is 0 Å². The van der Waals surface area contributed by atoms with Crippen LogP contribution >= 0.6 is 0 Å². The van der Waals surface area contributed by atoms with Gasteiger partial charge < -0.3 is 34.1 Å². The SMILES string of the molecule is [C]1N(c2[c-]ccc[c-]2)CCN1c1[c-]ccc[c-]1.[Pr].[Pr].[Pr].[Pr]. The summed E-state index contributed by atoms with van der Waals surface area (Å²) in [7, 11) is 0. The van der Waals surface area contributed by atoms with Crippen LogP contribution < -0.4 is 9.80 Å². The number of hydrogen-bond acceptors (Lipinski definition) is 2. The van der Waals surface area contributed by atoms with Gasteiger partial charge in [-0.05, 0) is 0 Å². The number of nitrogens with zero attached hydrogens (tertiary/aromatic N) is 2. The molecule has 2 aromatic rings. The van der Waals surface area contributed by atoms with Gasteiger partial charge in [-0.25, -0.2) is 11.4 Å². The Bertz CT molecular complexity index is 436. The fourth-order valence-corrected chi connectivity index (χ4v) is 1.77. The molecule has 1 fully saturated rings. The van der Waals surface area contributed by atoms with Gasteiger partial charge in [0.15, 0.2) is 0 Å². The molecule has 6 radical (unpaired) electrons. The Morgan fingerprint density at radius 3 is 1.33 bits per heavy atom. The molecule has 0 aliphatic carbocycles. The average Bonchev–Trinajstić information content (AvgIpc) is 2.90. The van der Waals surface area contributed by atoms with E-state index in [1.807, 2.05) is 46.2 Å². The first-order chi connectivity index (χ1) is 8.43. The fraction of sp³-hybridized carbons (Fsp3) is 0.133.